The molecule has 5 aromatic rings. The normalized spacial score (nSPS) is 11.5. The van der Waals surface area contributed by atoms with Gasteiger partial charge in [-0.2, -0.15) is 5.10 Å². The number of pyridine rings is 1. The molecule has 2 heterocycles. The number of benzene rings is 3. The molecular weight excluding hydrogens is 494 g/mol. The molecule has 2 aromatic heterocycles. The fraction of sp³-hybridized carbons (Fsp3) is 0.0385. The molecule has 186 valence electrons. The van der Waals surface area contributed by atoms with Gasteiger partial charge in [-0.25, -0.2) is 18.2 Å². The number of hydrogen-bond donors (Lipinski definition) is 3. The van der Waals surface area contributed by atoms with Gasteiger partial charge in [0.05, 0.1) is 29.5 Å². The van der Waals surface area contributed by atoms with Crippen molar-refractivity contribution in [3.8, 4) is 11.4 Å². The molecule has 1 amide bonds. The number of sulfonamides is 1. The van der Waals surface area contributed by atoms with Crippen LogP contribution in [0.5, 0.6) is 5.75 Å². The molecule has 0 aliphatic heterocycles. The van der Waals surface area contributed by atoms with Gasteiger partial charge in [0.1, 0.15) is 16.2 Å². The van der Waals surface area contributed by atoms with E-state index >= 15 is 0 Å². The van der Waals surface area contributed by atoms with E-state index in [9.17, 15) is 23.1 Å². The molecule has 0 aliphatic carbocycles. The third-order valence-corrected chi connectivity index (χ3v) is 6.77. The Bertz CT molecular complexity index is 1800. The maximum atomic E-state index is 13.8. The number of nitrogens with one attached hydrogen (secondary N) is 1. The highest BCUT2D eigenvalue weighted by Crippen LogP contribution is 2.29. The highest BCUT2D eigenvalue weighted by Gasteiger charge is 2.26. The van der Waals surface area contributed by atoms with Gasteiger partial charge in [0.25, 0.3) is 11.5 Å². The summed E-state index contributed by atoms with van der Waals surface area (Å²) in [5.41, 5.74) is 0.264. The number of nitrogens with zero attached hydrogens (tertiary/aromatic N) is 3. The number of carbonyl (C=O) groups excluding carboxylic acids is 1. The van der Waals surface area contributed by atoms with Crippen molar-refractivity contribution in [1.82, 2.24) is 14.3 Å². The van der Waals surface area contributed by atoms with Crippen molar-refractivity contribution >= 4 is 32.7 Å². The van der Waals surface area contributed by atoms with Crippen LogP contribution in [0.15, 0.2) is 101 Å². The molecule has 0 spiro atoms. The van der Waals surface area contributed by atoms with Gasteiger partial charge >= 0.3 is 0 Å². The zero-order valence-electron chi connectivity index (χ0n) is 19.3. The Labute approximate surface area is 211 Å². The molecule has 0 atom stereocenters. The Morgan fingerprint density at radius 3 is 2.24 bits per heavy atom. The number of nitrogens with two attached hydrogens (primary N) is 1. The SMILES string of the molecule is NS(=O)(=O)c1ccccc1NC(=O)c1c(O)c2cnn(-c3ccccc3)c2n(Cc2ccccc2)c1=O. The van der Waals surface area contributed by atoms with Crippen molar-refractivity contribution in [2.75, 3.05) is 5.32 Å². The number of hydrogen-bond acceptors (Lipinski definition) is 6. The van der Waals surface area contributed by atoms with Crippen LogP contribution in [0.1, 0.15) is 15.9 Å². The highest BCUT2D eigenvalue weighted by molar-refractivity contribution is 7.89. The number of carbonyl (C=O) groups is 1. The quantitative estimate of drug-likeness (QED) is 0.317. The number of primary sulfonamides is 1. The molecule has 10 nitrogen and oxygen atoms in total. The van der Waals surface area contributed by atoms with E-state index in [1.807, 2.05) is 48.5 Å². The van der Waals surface area contributed by atoms with Crippen molar-refractivity contribution in [2.24, 2.45) is 5.14 Å². The Hall–Kier alpha value is -4.74. The van der Waals surface area contributed by atoms with Crippen LogP contribution in [-0.2, 0) is 16.6 Å². The molecule has 5 rings (SSSR count). The molecule has 0 saturated carbocycles. The number of fused-ring (bicyclic) bond motifs is 1. The number of para-hydroxylation sites is 2. The predicted molar refractivity (Wildman–Crippen MR) is 138 cm³/mol. The first kappa shape index (κ1) is 24.0. The van der Waals surface area contributed by atoms with Gasteiger partial charge in [0, 0.05) is 0 Å². The average Bonchev–Trinajstić information content (AvgIpc) is 3.33. The van der Waals surface area contributed by atoms with Gasteiger partial charge in [-0.05, 0) is 29.8 Å². The molecule has 4 N–H and O–H groups in total. The van der Waals surface area contributed by atoms with Crippen LogP contribution >= 0.6 is 0 Å². The van der Waals surface area contributed by atoms with Crippen LogP contribution < -0.4 is 16.0 Å². The molecule has 11 heteroatoms. The van der Waals surface area contributed by atoms with Crippen LogP contribution in [0.25, 0.3) is 16.7 Å². The van der Waals surface area contributed by atoms with Crippen molar-refractivity contribution in [1.29, 1.82) is 0 Å². The van der Waals surface area contributed by atoms with Crippen LogP contribution in [0.4, 0.5) is 5.69 Å². The van der Waals surface area contributed by atoms with Crippen molar-refractivity contribution < 1.29 is 18.3 Å². The summed E-state index contributed by atoms with van der Waals surface area (Å²) in [5, 5.41) is 23.3. The van der Waals surface area contributed by atoms with Crippen molar-refractivity contribution in [3.05, 3.63) is 113 Å². The summed E-state index contributed by atoms with van der Waals surface area (Å²) in [6.07, 6.45) is 1.37. The van der Waals surface area contributed by atoms with Gasteiger partial charge in [0.15, 0.2) is 5.65 Å². The molecule has 0 saturated heterocycles. The Morgan fingerprint density at radius 2 is 1.57 bits per heavy atom. The summed E-state index contributed by atoms with van der Waals surface area (Å²) in [7, 11) is -4.17. The highest BCUT2D eigenvalue weighted by atomic mass is 32.2. The molecular formula is C26H21N5O5S. The van der Waals surface area contributed by atoms with Gasteiger partial charge in [0.2, 0.25) is 10.0 Å². The average molecular weight is 516 g/mol. The van der Waals surface area contributed by atoms with Gasteiger partial charge in [-0.1, -0.05) is 60.7 Å². The number of anilines is 1. The lowest BCUT2D eigenvalue weighted by Crippen LogP contribution is -2.31. The fourth-order valence-corrected chi connectivity index (χ4v) is 4.81. The maximum Gasteiger partial charge on any atom is 0.269 e. The zero-order chi connectivity index (χ0) is 26.2. The predicted octanol–water partition coefficient (Wildman–Crippen LogP) is 2.84. The second-order valence-electron chi connectivity index (χ2n) is 8.22. The second kappa shape index (κ2) is 9.37. The summed E-state index contributed by atoms with van der Waals surface area (Å²) in [5.74, 6) is -1.56. The van der Waals surface area contributed by atoms with E-state index in [1.54, 1.807) is 12.1 Å². The summed E-state index contributed by atoms with van der Waals surface area (Å²) < 4.78 is 26.8. The van der Waals surface area contributed by atoms with E-state index in [2.05, 4.69) is 10.4 Å². The van der Waals surface area contributed by atoms with E-state index in [-0.39, 0.29) is 22.5 Å². The minimum atomic E-state index is -4.17. The number of aromatic nitrogens is 3. The minimum absolute atomic E-state index is 0.0863. The van der Waals surface area contributed by atoms with Gasteiger partial charge in [-0.3, -0.25) is 14.2 Å². The van der Waals surface area contributed by atoms with Crippen LogP contribution in [0.3, 0.4) is 0 Å². The standard InChI is InChI=1S/C26H21N5O5S/c27-37(35,36)21-14-8-7-13-20(21)29-24(33)22-23(32)19-15-28-31(18-11-5-2-6-12-18)25(19)30(26(22)34)16-17-9-3-1-4-10-17/h1-15,32H,16H2,(H,29,33)(H2,27,35,36). The van der Waals surface area contributed by atoms with E-state index in [0.717, 1.165) is 5.56 Å². The zero-order valence-corrected chi connectivity index (χ0v) is 20.1. The monoisotopic (exact) mass is 515 g/mol. The molecule has 0 unspecified atom stereocenters. The largest absolute Gasteiger partial charge is 0.506 e. The third-order valence-electron chi connectivity index (χ3n) is 5.80. The van der Waals surface area contributed by atoms with Crippen molar-refractivity contribution in [3.63, 3.8) is 0 Å². The first-order chi connectivity index (χ1) is 17.8. The van der Waals surface area contributed by atoms with E-state index in [4.69, 9.17) is 5.14 Å². The Balaban J connectivity index is 1.71. The molecule has 0 aliphatic rings. The van der Waals surface area contributed by atoms with Crippen molar-refractivity contribution in [2.45, 2.75) is 11.4 Å². The summed E-state index contributed by atoms with van der Waals surface area (Å²) in [6, 6.07) is 23.7. The van der Waals surface area contributed by atoms with Crippen LogP contribution in [0.2, 0.25) is 0 Å². The van der Waals surface area contributed by atoms with E-state index < -0.39 is 32.8 Å². The molecule has 37 heavy (non-hydrogen) atoms. The Kier molecular flexibility index (Phi) is 6.07. The summed E-state index contributed by atoms with van der Waals surface area (Å²) in [6.45, 7) is 0.0863. The lowest BCUT2D eigenvalue weighted by molar-refractivity contribution is 0.102. The molecule has 3 aromatic carbocycles. The maximum absolute atomic E-state index is 13.8. The third kappa shape index (κ3) is 4.48. The van der Waals surface area contributed by atoms with E-state index in [1.165, 1.54) is 39.7 Å². The summed E-state index contributed by atoms with van der Waals surface area (Å²) >= 11 is 0. The first-order valence-electron chi connectivity index (χ1n) is 11.1. The number of amides is 1. The van der Waals surface area contributed by atoms with Crippen LogP contribution in [-0.4, -0.2) is 33.8 Å². The smallest absolute Gasteiger partial charge is 0.269 e. The van der Waals surface area contributed by atoms with E-state index in [0.29, 0.717) is 11.3 Å². The summed E-state index contributed by atoms with van der Waals surface area (Å²) in [4.78, 5) is 26.7. The Morgan fingerprint density at radius 1 is 0.946 bits per heavy atom. The lowest BCUT2D eigenvalue weighted by atomic mass is 10.1. The van der Waals surface area contributed by atoms with Crippen LogP contribution in [0, 0.1) is 0 Å². The fourth-order valence-electron chi connectivity index (χ4n) is 4.11. The molecule has 0 radical (unpaired) electrons. The number of rotatable bonds is 6. The topological polar surface area (TPSA) is 149 Å². The first-order valence-corrected chi connectivity index (χ1v) is 12.7. The minimum Gasteiger partial charge on any atom is -0.506 e. The lowest BCUT2D eigenvalue weighted by Gasteiger charge is -2.15. The van der Waals surface area contributed by atoms with Gasteiger partial charge in [-0.15, -0.1) is 0 Å². The van der Waals surface area contributed by atoms with Gasteiger partial charge < -0.3 is 10.4 Å². The second-order valence-corrected chi connectivity index (χ2v) is 9.75. The molecule has 0 bridgehead atoms. The number of aromatic hydroxyl groups is 1. The molecule has 0 fully saturated rings.